The summed E-state index contributed by atoms with van der Waals surface area (Å²) in [4.78, 5) is 50.6. The Hall–Kier alpha value is 1.65. The molecule has 42 heavy (non-hydrogen) atoms. The first-order valence-electron chi connectivity index (χ1n) is 10.9. The van der Waals surface area contributed by atoms with Crippen molar-refractivity contribution >= 4 is 74.1 Å². The van der Waals surface area contributed by atoms with Crippen LogP contribution in [-0.2, 0) is 50.5 Å². The molecule has 0 fully saturated rings. The van der Waals surface area contributed by atoms with Gasteiger partial charge in [-0.1, -0.05) is 27.0 Å². The first-order valence-corrected chi connectivity index (χ1v) is 13.2. The summed E-state index contributed by atoms with van der Waals surface area (Å²) in [6.45, 7) is 1.70. The van der Waals surface area contributed by atoms with Crippen molar-refractivity contribution in [2.45, 2.75) is 14.9 Å². The Balaban J connectivity index is -0.000000135. The second-order valence-electron chi connectivity index (χ2n) is 6.83. The van der Waals surface area contributed by atoms with E-state index in [1.165, 1.54) is 0 Å². The van der Waals surface area contributed by atoms with Gasteiger partial charge in [0.05, 0.1) is 0 Å². The molecule has 212 valence electrons. The van der Waals surface area contributed by atoms with E-state index in [9.17, 15) is 19.2 Å². The van der Waals surface area contributed by atoms with Gasteiger partial charge in [-0.3, -0.25) is 19.2 Å². The van der Waals surface area contributed by atoms with E-state index in [1.54, 1.807) is 42.5 Å². The zero-order valence-electron chi connectivity index (χ0n) is 23.4. The number of rotatable bonds is 12. The summed E-state index contributed by atoms with van der Waals surface area (Å²) in [6.07, 6.45) is 0. The van der Waals surface area contributed by atoms with Crippen LogP contribution in [0, 0.1) is 0 Å². The summed E-state index contributed by atoms with van der Waals surface area (Å²) >= 11 is 18.9. The molecule has 0 spiro atoms. The molecule has 0 saturated heterocycles. The van der Waals surface area contributed by atoms with E-state index in [2.05, 4.69) is 26.3 Å². The normalized spacial score (nSPS) is 8.48. The molecule has 9 nitrogen and oxygen atoms in total. The van der Waals surface area contributed by atoms with Gasteiger partial charge in [-0.15, -0.1) is 0 Å². The standard InChI is InChI=1S/C12H16N2O2S2.C11H15N3O2S2.2CH4.4Na/c15-11(13-4-6-17)9-2-1-3-10(8-9)12(16)14-5-7-18;15-10(12-4-6-17)8-2-1-3-9(14-8)11(16)13-5-7-18;;;;;;/h1-3,8,17-18H,4-7H2,(H,13,15)(H,14,16);1-3,17-18H,4-7H2,(H,12,15)(H,13,16);2*1H4;;;;/q;;;;4*+1/p-4. The average molecular weight is 690 g/mol. The van der Waals surface area contributed by atoms with Gasteiger partial charge in [0.2, 0.25) is 0 Å². The summed E-state index contributed by atoms with van der Waals surface area (Å²) in [5.74, 6) is 0.677. The zero-order chi connectivity index (χ0) is 26.8. The molecule has 4 N–H and O–H groups in total. The largest absolute Gasteiger partial charge is 1.00 e. The fourth-order valence-electron chi connectivity index (χ4n) is 2.53. The molecular formula is C25H35N5Na4O4S4. The SMILES string of the molecule is C.C.O=C(NCC[S-])c1cccc(C(=O)NCC[S-])c1.O=C(NCC[S-])c1cccc(C(=O)NCC[S-])n1.[Na+].[Na+].[Na+].[Na+]. The predicted octanol–water partition coefficient (Wildman–Crippen LogP) is -10.8. The van der Waals surface area contributed by atoms with E-state index >= 15 is 0 Å². The van der Waals surface area contributed by atoms with Crippen LogP contribution in [0.15, 0.2) is 42.5 Å². The second-order valence-corrected chi connectivity index (χ2v) is 8.46. The van der Waals surface area contributed by atoms with E-state index in [1.807, 2.05) is 0 Å². The number of aromatic nitrogens is 1. The molecule has 2 aromatic rings. The minimum Gasteiger partial charge on any atom is -0.791 e. The fourth-order valence-corrected chi connectivity index (χ4v) is 2.94. The number of nitrogens with zero attached hydrogens (tertiary/aromatic N) is 1. The molecule has 2 rings (SSSR count). The topological polar surface area (TPSA) is 129 Å². The van der Waals surface area contributed by atoms with Gasteiger partial charge < -0.3 is 71.8 Å². The maximum absolute atomic E-state index is 11.7. The second kappa shape index (κ2) is 35.5. The van der Waals surface area contributed by atoms with Crippen LogP contribution in [0.3, 0.4) is 0 Å². The van der Waals surface area contributed by atoms with Crippen LogP contribution in [0.5, 0.6) is 0 Å². The van der Waals surface area contributed by atoms with Crippen molar-refractivity contribution < 1.29 is 137 Å². The summed E-state index contributed by atoms with van der Waals surface area (Å²) in [5.41, 5.74) is 1.29. The van der Waals surface area contributed by atoms with Crippen LogP contribution in [-0.4, -0.2) is 77.8 Å². The average Bonchev–Trinajstić information content (AvgIpc) is 2.92. The number of pyridine rings is 1. The molecule has 0 aliphatic heterocycles. The number of carbonyl (C=O) groups excluding carboxylic acids is 4. The first-order chi connectivity index (χ1) is 17.4. The molecule has 17 heteroatoms. The van der Waals surface area contributed by atoms with Crippen LogP contribution in [0.2, 0.25) is 0 Å². The van der Waals surface area contributed by atoms with Crippen LogP contribution in [0.4, 0.5) is 0 Å². The molecule has 4 amide bonds. The van der Waals surface area contributed by atoms with Crippen LogP contribution >= 0.6 is 0 Å². The molecule has 0 aliphatic rings. The molecule has 1 heterocycles. The summed E-state index contributed by atoms with van der Waals surface area (Å²) in [7, 11) is 0. The Kier molecular flexibility index (Phi) is 47.3. The van der Waals surface area contributed by atoms with Crippen molar-refractivity contribution in [1.29, 1.82) is 0 Å². The van der Waals surface area contributed by atoms with Gasteiger partial charge in [0.15, 0.2) is 0 Å². The number of hydrogen-bond donors (Lipinski definition) is 4. The minimum absolute atomic E-state index is 0. The smallest absolute Gasteiger partial charge is 0.791 e. The number of benzene rings is 1. The molecule has 0 unspecified atom stereocenters. The molecule has 0 radical (unpaired) electrons. The molecule has 0 saturated carbocycles. The van der Waals surface area contributed by atoms with Gasteiger partial charge >= 0.3 is 118 Å². The quantitative estimate of drug-likeness (QED) is 0.127. The summed E-state index contributed by atoms with van der Waals surface area (Å²) in [6, 6.07) is 11.2. The minimum atomic E-state index is -0.335. The van der Waals surface area contributed by atoms with Crippen molar-refractivity contribution in [3.05, 3.63) is 65.0 Å². The molecule has 0 bridgehead atoms. The van der Waals surface area contributed by atoms with E-state index in [0.29, 0.717) is 60.3 Å². The predicted molar refractivity (Wildman–Crippen MR) is 162 cm³/mol. The van der Waals surface area contributed by atoms with Crippen molar-refractivity contribution in [3.8, 4) is 0 Å². The van der Waals surface area contributed by atoms with Crippen molar-refractivity contribution in [2.24, 2.45) is 0 Å². The summed E-state index contributed by atoms with van der Waals surface area (Å²) in [5, 5.41) is 10.5. The molecule has 1 aromatic heterocycles. The van der Waals surface area contributed by atoms with E-state index in [4.69, 9.17) is 50.5 Å². The maximum Gasteiger partial charge on any atom is 1.00 e. The van der Waals surface area contributed by atoms with Gasteiger partial charge in [-0.2, -0.15) is 23.0 Å². The van der Waals surface area contributed by atoms with Crippen LogP contribution in [0.1, 0.15) is 56.5 Å². The van der Waals surface area contributed by atoms with E-state index in [0.717, 1.165) is 0 Å². The van der Waals surface area contributed by atoms with Gasteiger partial charge in [0.1, 0.15) is 11.4 Å². The van der Waals surface area contributed by atoms with Gasteiger partial charge in [-0.05, 0) is 56.5 Å². The third-order valence-corrected chi connectivity index (χ3v) is 4.97. The molecule has 1 aromatic carbocycles. The molecule has 0 aliphatic carbocycles. The number of hydrogen-bond acceptors (Lipinski definition) is 9. The maximum atomic E-state index is 11.7. The zero-order valence-corrected chi connectivity index (χ0v) is 34.7. The molecular weight excluding hydrogens is 655 g/mol. The first kappa shape index (κ1) is 56.0. The number of carbonyl (C=O) groups is 4. The Morgan fingerprint density at radius 2 is 0.810 bits per heavy atom. The third kappa shape index (κ3) is 23.9. The number of amides is 4. The van der Waals surface area contributed by atoms with Gasteiger partial charge in [0, 0.05) is 11.1 Å². The van der Waals surface area contributed by atoms with Gasteiger partial charge in [-0.25, -0.2) is 4.98 Å². The van der Waals surface area contributed by atoms with Crippen LogP contribution in [0.25, 0.3) is 0 Å². The summed E-state index contributed by atoms with van der Waals surface area (Å²) < 4.78 is 0. The van der Waals surface area contributed by atoms with Crippen molar-refractivity contribution in [1.82, 2.24) is 26.3 Å². The van der Waals surface area contributed by atoms with Gasteiger partial charge in [0.25, 0.3) is 23.6 Å². The monoisotopic (exact) mass is 689 g/mol. The Labute approximate surface area is 361 Å². The number of nitrogens with one attached hydrogen (secondary N) is 4. The molecule has 0 atom stereocenters. The van der Waals surface area contributed by atoms with Crippen molar-refractivity contribution in [2.75, 3.05) is 49.2 Å². The van der Waals surface area contributed by atoms with Crippen LogP contribution < -0.4 is 139 Å². The Morgan fingerprint density at radius 1 is 0.524 bits per heavy atom. The van der Waals surface area contributed by atoms with Crippen molar-refractivity contribution in [3.63, 3.8) is 0 Å². The van der Waals surface area contributed by atoms with E-state index in [-0.39, 0.29) is 168 Å². The van der Waals surface area contributed by atoms with E-state index < -0.39 is 0 Å². The third-order valence-electron chi connectivity index (χ3n) is 4.15. The Bertz CT molecular complexity index is 880. The fraction of sp³-hybridized carbons (Fsp3) is 0.400. The Morgan fingerprint density at radius 3 is 1.12 bits per heavy atom.